The minimum absolute atomic E-state index is 0.0741. The van der Waals surface area contributed by atoms with Gasteiger partial charge in [0, 0.05) is 11.9 Å². The number of amides is 1. The Morgan fingerprint density at radius 3 is 2.42 bits per heavy atom. The van der Waals surface area contributed by atoms with Crippen molar-refractivity contribution in [1.82, 2.24) is 9.97 Å². The maximum atomic E-state index is 11.8. The van der Waals surface area contributed by atoms with Crippen LogP contribution in [-0.4, -0.2) is 27.0 Å². The molecule has 0 fully saturated rings. The van der Waals surface area contributed by atoms with Crippen LogP contribution in [0.5, 0.6) is 0 Å². The SMILES string of the molecule is Cc1ccc(C(=O)Nc2ccc(C(=O)O)nc2)cn1. The zero-order valence-electron chi connectivity index (χ0n) is 10.1. The number of carboxylic acid groups (broad SMARTS) is 1. The summed E-state index contributed by atoms with van der Waals surface area (Å²) in [5, 5.41) is 11.3. The molecule has 0 saturated carbocycles. The van der Waals surface area contributed by atoms with Gasteiger partial charge < -0.3 is 10.4 Å². The van der Waals surface area contributed by atoms with E-state index in [1.165, 1.54) is 24.5 Å². The quantitative estimate of drug-likeness (QED) is 0.873. The van der Waals surface area contributed by atoms with Crippen LogP contribution in [0.1, 0.15) is 26.5 Å². The molecule has 0 aliphatic carbocycles. The number of anilines is 1. The van der Waals surface area contributed by atoms with E-state index in [2.05, 4.69) is 15.3 Å². The van der Waals surface area contributed by atoms with Gasteiger partial charge in [-0.3, -0.25) is 9.78 Å². The smallest absolute Gasteiger partial charge is 0.354 e. The number of carbonyl (C=O) groups is 2. The van der Waals surface area contributed by atoms with Crippen LogP contribution in [0.2, 0.25) is 0 Å². The van der Waals surface area contributed by atoms with E-state index in [-0.39, 0.29) is 11.6 Å². The van der Waals surface area contributed by atoms with Gasteiger partial charge in [-0.2, -0.15) is 0 Å². The van der Waals surface area contributed by atoms with Gasteiger partial charge in [-0.05, 0) is 31.2 Å². The Balaban J connectivity index is 2.10. The zero-order valence-corrected chi connectivity index (χ0v) is 10.1. The summed E-state index contributed by atoms with van der Waals surface area (Å²) >= 11 is 0. The van der Waals surface area contributed by atoms with Crippen molar-refractivity contribution in [3.8, 4) is 0 Å². The number of pyridine rings is 2. The number of carboxylic acids is 1. The van der Waals surface area contributed by atoms with Crippen LogP contribution in [0, 0.1) is 6.92 Å². The summed E-state index contributed by atoms with van der Waals surface area (Å²) in [6, 6.07) is 6.21. The van der Waals surface area contributed by atoms with E-state index in [1.807, 2.05) is 6.92 Å². The average Bonchev–Trinajstić information content (AvgIpc) is 2.40. The maximum Gasteiger partial charge on any atom is 0.354 e. The number of hydrogen-bond donors (Lipinski definition) is 2. The molecule has 2 aromatic rings. The molecule has 0 aliphatic heterocycles. The third kappa shape index (κ3) is 3.12. The van der Waals surface area contributed by atoms with Crippen LogP contribution in [0.25, 0.3) is 0 Å². The lowest BCUT2D eigenvalue weighted by molar-refractivity contribution is 0.0690. The van der Waals surface area contributed by atoms with Crippen molar-refractivity contribution in [2.24, 2.45) is 0 Å². The minimum atomic E-state index is -1.11. The van der Waals surface area contributed by atoms with E-state index in [1.54, 1.807) is 12.1 Å². The number of nitrogens with one attached hydrogen (secondary N) is 1. The topological polar surface area (TPSA) is 92.2 Å². The van der Waals surface area contributed by atoms with Gasteiger partial charge in [-0.15, -0.1) is 0 Å². The van der Waals surface area contributed by atoms with Crippen molar-refractivity contribution in [2.75, 3.05) is 5.32 Å². The molecule has 0 radical (unpaired) electrons. The molecule has 2 rings (SSSR count). The van der Waals surface area contributed by atoms with Crippen molar-refractivity contribution in [2.45, 2.75) is 6.92 Å². The van der Waals surface area contributed by atoms with E-state index < -0.39 is 5.97 Å². The molecule has 2 heterocycles. The molecule has 6 nitrogen and oxygen atoms in total. The standard InChI is InChI=1S/C13H11N3O3/c1-8-2-3-9(6-14-8)12(17)16-10-4-5-11(13(18)19)15-7-10/h2-7H,1H3,(H,16,17)(H,18,19). The van der Waals surface area contributed by atoms with Gasteiger partial charge in [0.1, 0.15) is 5.69 Å². The molecule has 0 saturated heterocycles. The number of rotatable bonds is 3. The Morgan fingerprint density at radius 1 is 1.11 bits per heavy atom. The van der Waals surface area contributed by atoms with Crippen LogP contribution in [0.15, 0.2) is 36.7 Å². The van der Waals surface area contributed by atoms with Crippen LogP contribution in [-0.2, 0) is 0 Å². The average molecular weight is 257 g/mol. The fourth-order valence-corrected chi connectivity index (χ4v) is 1.40. The van der Waals surface area contributed by atoms with Crippen LogP contribution in [0.4, 0.5) is 5.69 Å². The van der Waals surface area contributed by atoms with Gasteiger partial charge in [0.25, 0.3) is 5.91 Å². The van der Waals surface area contributed by atoms with Gasteiger partial charge >= 0.3 is 5.97 Å². The van der Waals surface area contributed by atoms with Gasteiger partial charge in [0.15, 0.2) is 0 Å². The van der Waals surface area contributed by atoms with Crippen molar-refractivity contribution in [1.29, 1.82) is 0 Å². The molecule has 19 heavy (non-hydrogen) atoms. The highest BCUT2D eigenvalue weighted by Gasteiger charge is 2.08. The first-order valence-electron chi connectivity index (χ1n) is 5.49. The van der Waals surface area contributed by atoms with E-state index in [9.17, 15) is 9.59 Å². The lowest BCUT2D eigenvalue weighted by atomic mass is 10.2. The summed E-state index contributed by atoms with van der Waals surface area (Å²) in [7, 11) is 0. The molecular weight excluding hydrogens is 246 g/mol. The number of aromatic nitrogens is 2. The molecular formula is C13H11N3O3. The number of aromatic carboxylic acids is 1. The molecule has 0 spiro atoms. The second kappa shape index (κ2) is 5.26. The molecule has 0 atom stereocenters. The minimum Gasteiger partial charge on any atom is -0.477 e. The molecule has 6 heteroatoms. The second-order valence-electron chi connectivity index (χ2n) is 3.88. The van der Waals surface area contributed by atoms with Crippen molar-refractivity contribution < 1.29 is 14.7 Å². The number of aryl methyl sites for hydroxylation is 1. The molecule has 1 amide bonds. The first kappa shape index (κ1) is 12.7. The summed E-state index contributed by atoms with van der Waals surface area (Å²) in [6.07, 6.45) is 2.77. The highest BCUT2D eigenvalue weighted by atomic mass is 16.4. The van der Waals surface area contributed by atoms with Crippen LogP contribution in [0.3, 0.4) is 0 Å². The third-order valence-corrected chi connectivity index (χ3v) is 2.41. The Kier molecular flexibility index (Phi) is 3.51. The molecule has 0 unspecified atom stereocenters. The predicted octanol–water partition coefficient (Wildman–Crippen LogP) is 1.74. The summed E-state index contributed by atoms with van der Waals surface area (Å²) in [5.74, 6) is -1.43. The molecule has 0 aromatic carbocycles. The molecule has 0 bridgehead atoms. The largest absolute Gasteiger partial charge is 0.477 e. The first-order valence-corrected chi connectivity index (χ1v) is 5.49. The summed E-state index contributed by atoms with van der Waals surface area (Å²) in [6.45, 7) is 1.83. The Morgan fingerprint density at radius 2 is 1.89 bits per heavy atom. The normalized spacial score (nSPS) is 9.95. The number of nitrogens with zero attached hydrogens (tertiary/aromatic N) is 2. The number of carbonyl (C=O) groups excluding carboxylic acids is 1. The molecule has 2 aromatic heterocycles. The summed E-state index contributed by atoms with van der Waals surface area (Å²) < 4.78 is 0. The van der Waals surface area contributed by atoms with Gasteiger partial charge in [0.05, 0.1) is 17.4 Å². The second-order valence-corrected chi connectivity index (χ2v) is 3.88. The van der Waals surface area contributed by atoms with Crippen molar-refractivity contribution >= 4 is 17.6 Å². The third-order valence-electron chi connectivity index (χ3n) is 2.41. The fraction of sp³-hybridized carbons (Fsp3) is 0.0769. The first-order chi connectivity index (χ1) is 9.06. The van der Waals surface area contributed by atoms with Crippen LogP contribution < -0.4 is 5.32 Å². The lowest BCUT2D eigenvalue weighted by Crippen LogP contribution is -2.12. The highest BCUT2D eigenvalue weighted by Crippen LogP contribution is 2.09. The molecule has 0 aliphatic rings. The van der Waals surface area contributed by atoms with Gasteiger partial charge in [-0.1, -0.05) is 0 Å². The Labute approximate surface area is 109 Å². The number of hydrogen-bond acceptors (Lipinski definition) is 4. The summed E-state index contributed by atoms with van der Waals surface area (Å²) in [4.78, 5) is 30.2. The van der Waals surface area contributed by atoms with E-state index in [0.29, 0.717) is 11.3 Å². The Bertz CT molecular complexity index is 606. The van der Waals surface area contributed by atoms with Crippen LogP contribution >= 0.6 is 0 Å². The van der Waals surface area contributed by atoms with E-state index in [0.717, 1.165) is 5.69 Å². The monoisotopic (exact) mass is 257 g/mol. The fourth-order valence-electron chi connectivity index (χ4n) is 1.40. The van der Waals surface area contributed by atoms with Gasteiger partial charge in [-0.25, -0.2) is 9.78 Å². The molecule has 96 valence electrons. The zero-order chi connectivity index (χ0) is 13.8. The maximum absolute atomic E-state index is 11.8. The van der Waals surface area contributed by atoms with E-state index >= 15 is 0 Å². The molecule has 2 N–H and O–H groups in total. The summed E-state index contributed by atoms with van der Waals surface area (Å²) in [5.41, 5.74) is 1.60. The van der Waals surface area contributed by atoms with Gasteiger partial charge in [0.2, 0.25) is 0 Å². The van der Waals surface area contributed by atoms with Crippen molar-refractivity contribution in [3.05, 3.63) is 53.6 Å². The Hall–Kier alpha value is -2.76. The van der Waals surface area contributed by atoms with Crippen molar-refractivity contribution in [3.63, 3.8) is 0 Å². The predicted molar refractivity (Wildman–Crippen MR) is 68.1 cm³/mol. The highest BCUT2D eigenvalue weighted by molar-refractivity contribution is 6.04. The lowest BCUT2D eigenvalue weighted by Gasteiger charge is -2.05. The van der Waals surface area contributed by atoms with E-state index in [4.69, 9.17) is 5.11 Å².